The van der Waals surface area contributed by atoms with Crippen LogP contribution in [0, 0.1) is 13.8 Å². The van der Waals surface area contributed by atoms with Crippen molar-refractivity contribution in [1.29, 1.82) is 0 Å². The largest absolute Gasteiger partial charge is 0.508 e. The molecule has 1 aliphatic rings. The molecule has 0 aromatic heterocycles. The van der Waals surface area contributed by atoms with Crippen LogP contribution in [-0.4, -0.2) is 43.7 Å². The van der Waals surface area contributed by atoms with Gasteiger partial charge in [-0.2, -0.15) is 0 Å². The monoisotopic (exact) mass is 340 g/mol. The van der Waals surface area contributed by atoms with E-state index in [0.29, 0.717) is 6.54 Å². The number of carbonyl (C=O) groups is 1. The van der Waals surface area contributed by atoms with Crippen molar-refractivity contribution in [3.8, 4) is 5.75 Å². The van der Waals surface area contributed by atoms with Gasteiger partial charge in [-0.1, -0.05) is 6.07 Å². The van der Waals surface area contributed by atoms with Gasteiger partial charge in [0.1, 0.15) is 5.75 Å². The molecule has 0 bridgehead atoms. The van der Waals surface area contributed by atoms with Crippen molar-refractivity contribution >= 4 is 17.3 Å². The highest BCUT2D eigenvalue weighted by atomic mass is 16.3. The van der Waals surface area contributed by atoms with Crippen LogP contribution in [0.25, 0.3) is 0 Å². The van der Waals surface area contributed by atoms with Gasteiger partial charge in [0.15, 0.2) is 6.54 Å². The molecule has 1 aliphatic heterocycles. The van der Waals surface area contributed by atoms with Gasteiger partial charge in [-0.05, 0) is 61.4 Å². The van der Waals surface area contributed by atoms with Gasteiger partial charge < -0.3 is 20.2 Å². The Balaban J connectivity index is 1.50. The number of phenolic OH excluding ortho intramolecular Hbond substituents is 1. The summed E-state index contributed by atoms with van der Waals surface area (Å²) in [6.45, 7) is 8.26. The first-order valence-electron chi connectivity index (χ1n) is 8.75. The smallest absolute Gasteiger partial charge is 0.279 e. The maximum atomic E-state index is 12.3. The third-order valence-corrected chi connectivity index (χ3v) is 4.60. The molecule has 0 unspecified atom stereocenters. The minimum Gasteiger partial charge on any atom is -0.508 e. The van der Waals surface area contributed by atoms with Gasteiger partial charge in [0.05, 0.1) is 26.2 Å². The van der Waals surface area contributed by atoms with Crippen molar-refractivity contribution in [3.63, 3.8) is 0 Å². The zero-order valence-corrected chi connectivity index (χ0v) is 14.9. The second-order valence-corrected chi connectivity index (χ2v) is 6.85. The summed E-state index contributed by atoms with van der Waals surface area (Å²) in [5.41, 5.74) is 4.32. The van der Waals surface area contributed by atoms with Crippen molar-refractivity contribution in [2.24, 2.45) is 0 Å². The topological polar surface area (TPSA) is 57.0 Å². The summed E-state index contributed by atoms with van der Waals surface area (Å²) in [5, 5.41) is 12.4. The first-order chi connectivity index (χ1) is 12.0. The molecular formula is C20H26N3O2+. The van der Waals surface area contributed by atoms with E-state index < -0.39 is 0 Å². The van der Waals surface area contributed by atoms with Crippen molar-refractivity contribution in [2.75, 3.05) is 42.9 Å². The first-order valence-corrected chi connectivity index (χ1v) is 8.75. The normalized spacial score (nSPS) is 15.2. The Morgan fingerprint density at radius 1 is 1.08 bits per heavy atom. The highest BCUT2D eigenvalue weighted by Gasteiger charge is 2.22. The average molecular weight is 340 g/mol. The quantitative estimate of drug-likeness (QED) is 0.788. The van der Waals surface area contributed by atoms with Gasteiger partial charge in [-0.25, -0.2) is 0 Å². The van der Waals surface area contributed by atoms with Gasteiger partial charge in [0.25, 0.3) is 5.91 Å². The summed E-state index contributed by atoms with van der Waals surface area (Å²) in [5.74, 6) is 0.356. The number of phenols is 1. The Hall–Kier alpha value is -2.53. The van der Waals surface area contributed by atoms with Crippen LogP contribution >= 0.6 is 0 Å². The lowest BCUT2D eigenvalue weighted by Gasteiger charge is -2.33. The molecule has 25 heavy (non-hydrogen) atoms. The third kappa shape index (κ3) is 4.73. The lowest BCUT2D eigenvalue weighted by atomic mass is 10.1. The summed E-state index contributed by atoms with van der Waals surface area (Å²) in [6, 6.07) is 13.4. The van der Waals surface area contributed by atoms with E-state index in [1.54, 1.807) is 12.1 Å². The molecule has 5 heteroatoms. The van der Waals surface area contributed by atoms with Crippen LogP contribution in [0.15, 0.2) is 42.5 Å². The van der Waals surface area contributed by atoms with E-state index in [4.69, 9.17) is 0 Å². The van der Waals surface area contributed by atoms with E-state index in [0.717, 1.165) is 48.7 Å². The lowest BCUT2D eigenvalue weighted by molar-refractivity contribution is -0.892. The van der Waals surface area contributed by atoms with E-state index in [1.807, 2.05) is 38.1 Å². The third-order valence-electron chi connectivity index (χ3n) is 4.60. The number of benzene rings is 2. The predicted octanol–water partition coefficient (Wildman–Crippen LogP) is 1.35. The van der Waals surface area contributed by atoms with Gasteiger partial charge in [0.2, 0.25) is 0 Å². The fourth-order valence-electron chi connectivity index (χ4n) is 3.40. The second-order valence-electron chi connectivity index (χ2n) is 6.85. The number of nitrogens with zero attached hydrogens (tertiary/aromatic N) is 1. The summed E-state index contributed by atoms with van der Waals surface area (Å²) in [6.07, 6.45) is 0. The molecule has 3 rings (SSSR count). The molecule has 1 saturated heterocycles. The fourth-order valence-corrected chi connectivity index (χ4v) is 3.40. The van der Waals surface area contributed by atoms with Crippen LogP contribution in [0.1, 0.15) is 11.1 Å². The molecular weight excluding hydrogens is 314 g/mol. The van der Waals surface area contributed by atoms with Crippen molar-refractivity contribution < 1.29 is 14.8 Å². The predicted molar refractivity (Wildman–Crippen MR) is 100 cm³/mol. The van der Waals surface area contributed by atoms with Gasteiger partial charge >= 0.3 is 0 Å². The zero-order valence-electron chi connectivity index (χ0n) is 14.9. The molecule has 0 radical (unpaired) electrons. The zero-order chi connectivity index (χ0) is 17.8. The van der Waals surface area contributed by atoms with Crippen LogP contribution in [0.5, 0.6) is 5.75 Å². The number of amides is 1. The minimum atomic E-state index is 0.0677. The summed E-state index contributed by atoms with van der Waals surface area (Å²) < 4.78 is 0. The summed E-state index contributed by atoms with van der Waals surface area (Å²) >= 11 is 0. The van der Waals surface area contributed by atoms with E-state index in [-0.39, 0.29) is 11.7 Å². The van der Waals surface area contributed by atoms with Crippen LogP contribution in [0.2, 0.25) is 0 Å². The Labute approximate surface area is 148 Å². The summed E-state index contributed by atoms with van der Waals surface area (Å²) in [7, 11) is 0. The molecule has 5 nitrogen and oxygen atoms in total. The number of anilines is 2. The highest BCUT2D eigenvalue weighted by molar-refractivity contribution is 5.91. The van der Waals surface area contributed by atoms with Crippen LogP contribution in [-0.2, 0) is 4.79 Å². The molecule has 1 fully saturated rings. The van der Waals surface area contributed by atoms with Gasteiger partial charge in [0, 0.05) is 11.4 Å². The number of nitrogens with one attached hydrogen (secondary N) is 2. The number of hydrogen-bond acceptors (Lipinski definition) is 3. The molecule has 0 saturated carbocycles. The Bertz CT molecular complexity index is 715. The molecule has 2 aromatic carbocycles. The van der Waals surface area contributed by atoms with E-state index >= 15 is 0 Å². The van der Waals surface area contributed by atoms with E-state index in [1.165, 1.54) is 4.90 Å². The average Bonchev–Trinajstić information content (AvgIpc) is 2.55. The standard InChI is InChI=1S/C20H25N3O2/c1-15-11-16(2)13-17(12-15)21-20(25)14-22-7-9-23(10-8-22)18-3-5-19(24)6-4-18/h3-6,11-13,24H,7-10,14H2,1-2H3,(H,21,25)/p+1. The minimum absolute atomic E-state index is 0.0677. The van der Waals surface area contributed by atoms with Gasteiger partial charge in [-0.15, -0.1) is 0 Å². The maximum Gasteiger partial charge on any atom is 0.279 e. The Kier molecular flexibility index (Phi) is 5.24. The molecule has 1 heterocycles. The number of aromatic hydroxyl groups is 1. The second kappa shape index (κ2) is 7.57. The highest BCUT2D eigenvalue weighted by Crippen LogP contribution is 2.18. The molecule has 0 spiro atoms. The molecule has 1 amide bonds. The van der Waals surface area contributed by atoms with Gasteiger partial charge in [-0.3, -0.25) is 4.79 Å². The van der Waals surface area contributed by atoms with Crippen molar-refractivity contribution in [3.05, 3.63) is 53.6 Å². The van der Waals surface area contributed by atoms with Crippen LogP contribution < -0.4 is 15.1 Å². The Morgan fingerprint density at radius 2 is 1.68 bits per heavy atom. The Morgan fingerprint density at radius 3 is 2.28 bits per heavy atom. The van der Waals surface area contributed by atoms with Crippen molar-refractivity contribution in [1.82, 2.24) is 0 Å². The number of aryl methyl sites for hydroxylation is 2. The molecule has 2 aromatic rings. The number of hydrogen-bond donors (Lipinski definition) is 3. The number of rotatable bonds is 4. The fraction of sp³-hybridized carbons (Fsp3) is 0.350. The SMILES string of the molecule is Cc1cc(C)cc(NC(=O)C[NH+]2CCN(c3ccc(O)cc3)CC2)c1. The van der Waals surface area contributed by atoms with Crippen LogP contribution in [0.3, 0.4) is 0 Å². The van der Waals surface area contributed by atoms with E-state index in [9.17, 15) is 9.90 Å². The molecule has 0 atom stereocenters. The number of carbonyl (C=O) groups excluding carboxylic acids is 1. The van der Waals surface area contributed by atoms with E-state index in [2.05, 4.69) is 16.3 Å². The lowest BCUT2D eigenvalue weighted by Crippen LogP contribution is -3.15. The molecule has 0 aliphatic carbocycles. The molecule has 132 valence electrons. The van der Waals surface area contributed by atoms with Crippen LogP contribution in [0.4, 0.5) is 11.4 Å². The molecule has 3 N–H and O–H groups in total. The number of quaternary nitrogens is 1. The first kappa shape index (κ1) is 17.3. The summed E-state index contributed by atoms with van der Waals surface area (Å²) in [4.78, 5) is 15.9. The number of piperazine rings is 1. The maximum absolute atomic E-state index is 12.3. The van der Waals surface area contributed by atoms with Crippen molar-refractivity contribution in [2.45, 2.75) is 13.8 Å².